The maximum absolute atomic E-state index is 12.1. The van der Waals surface area contributed by atoms with Crippen molar-refractivity contribution < 1.29 is 38.1 Å². The van der Waals surface area contributed by atoms with Gasteiger partial charge in [-0.3, -0.25) is 9.59 Å². The number of rotatable bonds is 17. The van der Waals surface area contributed by atoms with Crippen LogP contribution in [0.15, 0.2) is 0 Å². The largest absolute Gasteiger partial charge is 0.463 e. The fourth-order valence-corrected chi connectivity index (χ4v) is 4.40. The Bertz CT molecular complexity index is 670. The van der Waals surface area contributed by atoms with E-state index < -0.39 is 36.1 Å². The lowest BCUT2D eigenvalue weighted by Crippen LogP contribution is -2.27. The van der Waals surface area contributed by atoms with Crippen LogP contribution in [0.3, 0.4) is 0 Å². The van der Waals surface area contributed by atoms with Gasteiger partial charge in [-0.05, 0) is 75.0 Å². The third kappa shape index (κ3) is 19.9. The first-order valence-electron chi connectivity index (χ1n) is 14.1. The summed E-state index contributed by atoms with van der Waals surface area (Å²) in [4.78, 5) is 48.2. The van der Waals surface area contributed by atoms with Crippen LogP contribution in [0, 0.1) is 22.7 Å². The lowest BCUT2D eigenvalue weighted by molar-refractivity contribution is -0.167. The van der Waals surface area contributed by atoms with Crippen LogP contribution in [-0.2, 0) is 38.1 Å². The van der Waals surface area contributed by atoms with Crippen LogP contribution in [0.25, 0.3) is 0 Å². The van der Waals surface area contributed by atoms with Crippen molar-refractivity contribution >= 4 is 23.9 Å². The third-order valence-electron chi connectivity index (χ3n) is 5.92. The van der Waals surface area contributed by atoms with Crippen LogP contribution in [-0.4, -0.2) is 49.3 Å². The van der Waals surface area contributed by atoms with Crippen molar-refractivity contribution in [1.82, 2.24) is 0 Å². The molecule has 0 aliphatic carbocycles. The Balaban J connectivity index is 4.05. The van der Waals surface area contributed by atoms with Gasteiger partial charge in [-0.2, -0.15) is 0 Å². The molecule has 0 saturated heterocycles. The zero-order valence-corrected chi connectivity index (χ0v) is 25.6. The predicted octanol–water partition coefficient (Wildman–Crippen LogP) is 6.42. The smallest absolute Gasteiger partial charge is 0.347 e. The topological polar surface area (TPSA) is 105 Å². The summed E-state index contributed by atoms with van der Waals surface area (Å²) in [5, 5.41) is 0. The van der Waals surface area contributed by atoms with Gasteiger partial charge < -0.3 is 18.9 Å². The van der Waals surface area contributed by atoms with Crippen molar-refractivity contribution in [3.8, 4) is 0 Å². The maximum atomic E-state index is 12.1. The molecule has 0 aromatic rings. The van der Waals surface area contributed by atoms with E-state index in [1.54, 1.807) is 0 Å². The Labute approximate surface area is 230 Å². The number of ether oxygens (including phenoxy) is 4. The van der Waals surface area contributed by atoms with E-state index in [0.717, 1.165) is 25.7 Å². The molecule has 0 aromatic carbocycles. The number of carbonyl (C=O) groups excluding carboxylic acids is 4. The fraction of sp³-hybridized carbons (Fsp3) is 0.867. The molecule has 0 bridgehead atoms. The quantitative estimate of drug-likeness (QED) is 0.118. The van der Waals surface area contributed by atoms with Crippen LogP contribution < -0.4 is 0 Å². The minimum absolute atomic E-state index is 0.0673. The molecule has 0 aromatic heterocycles. The molecule has 0 aliphatic rings. The van der Waals surface area contributed by atoms with Gasteiger partial charge in [0.05, 0.1) is 13.2 Å². The SMILES string of the molecule is CC(CCOC(=O)C(C)OC(=O)CCCCC(=O)OC(C)C(=O)OCCC(C)CC(C)(C)C)CC(C)(C)C. The highest BCUT2D eigenvalue weighted by Crippen LogP contribution is 2.26. The molecule has 0 fully saturated rings. The minimum Gasteiger partial charge on any atom is -0.463 e. The summed E-state index contributed by atoms with van der Waals surface area (Å²) in [6.07, 6.45) is 2.54. The molecular weight excluding hydrogens is 488 g/mol. The second-order valence-corrected chi connectivity index (χ2v) is 13.1. The highest BCUT2D eigenvalue weighted by atomic mass is 16.6. The summed E-state index contributed by atoms with van der Waals surface area (Å²) in [5.74, 6) is -1.33. The van der Waals surface area contributed by atoms with E-state index in [9.17, 15) is 19.2 Å². The Morgan fingerprint density at radius 2 is 0.895 bits per heavy atom. The van der Waals surface area contributed by atoms with Gasteiger partial charge in [0.25, 0.3) is 0 Å². The Kier molecular flexibility index (Phi) is 16.5. The monoisotopic (exact) mass is 542 g/mol. The van der Waals surface area contributed by atoms with Crippen molar-refractivity contribution in [2.24, 2.45) is 22.7 Å². The van der Waals surface area contributed by atoms with E-state index in [2.05, 4.69) is 55.4 Å². The number of unbranched alkanes of at least 4 members (excludes halogenated alkanes) is 1. The molecule has 38 heavy (non-hydrogen) atoms. The molecule has 4 unspecified atom stereocenters. The lowest BCUT2D eigenvalue weighted by Gasteiger charge is -2.23. The Morgan fingerprint density at radius 1 is 0.579 bits per heavy atom. The van der Waals surface area contributed by atoms with Gasteiger partial charge >= 0.3 is 23.9 Å². The van der Waals surface area contributed by atoms with Crippen LogP contribution in [0.1, 0.15) is 121 Å². The van der Waals surface area contributed by atoms with Gasteiger partial charge in [0.1, 0.15) is 0 Å². The fourth-order valence-electron chi connectivity index (χ4n) is 4.40. The van der Waals surface area contributed by atoms with E-state index >= 15 is 0 Å². The minimum atomic E-state index is -0.978. The van der Waals surface area contributed by atoms with Gasteiger partial charge in [0, 0.05) is 12.8 Å². The van der Waals surface area contributed by atoms with Gasteiger partial charge in [0.15, 0.2) is 12.2 Å². The van der Waals surface area contributed by atoms with Crippen molar-refractivity contribution in [2.45, 2.75) is 133 Å². The second kappa shape index (κ2) is 17.5. The van der Waals surface area contributed by atoms with Crippen molar-refractivity contribution in [1.29, 1.82) is 0 Å². The summed E-state index contributed by atoms with van der Waals surface area (Å²) >= 11 is 0. The van der Waals surface area contributed by atoms with Gasteiger partial charge in [-0.15, -0.1) is 0 Å². The number of carbonyl (C=O) groups is 4. The van der Waals surface area contributed by atoms with Crippen molar-refractivity contribution in [2.75, 3.05) is 13.2 Å². The maximum Gasteiger partial charge on any atom is 0.347 e. The van der Waals surface area contributed by atoms with E-state index in [4.69, 9.17) is 18.9 Å². The Hall–Kier alpha value is -2.12. The first kappa shape index (κ1) is 35.9. The molecule has 0 heterocycles. The van der Waals surface area contributed by atoms with Gasteiger partial charge in [0.2, 0.25) is 0 Å². The summed E-state index contributed by atoms with van der Waals surface area (Å²) in [7, 11) is 0. The highest BCUT2D eigenvalue weighted by Gasteiger charge is 2.22. The molecular formula is C30H54O8. The Morgan fingerprint density at radius 3 is 1.18 bits per heavy atom. The standard InChI is InChI=1S/C30H54O8/c1-21(19-29(5,6)7)15-17-35-27(33)23(3)37-25(31)13-11-12-14-26(32)38-24(4)28(34)36-18-16-22(2)20-30(8,9)10/h21-24H,11-20H2,1-10H3. The van der Waals surface area contributed by atoms with Crippen LogP contribution in [0.4, 0.5) is 0 Å². The zero-order chi connectivity index (χ0) is 29.5. The zero-order valence-electron chi connectivity index (χ0n) is 25.6. The lowest BCUT2D eigenvalue weighted by atomic mass is 9.84. The van der Waals surface area contributed by atoms with Gasteiger partial charge in [-0.1, -0.05) is 55.4 Å². The molecule has 0 amide bonds. The van der Waals surface area contributed by atoms with E-state index in [0.29, 0.717) is 37.9 Å². The van der Waals surface area contributed by atoms with Crippen LogP contribution in [0.5, 0.6) is 0 Å². The van der Waals surface area contributed by atoms with Crippen LogP contribution in [0.2, 0.25) is 0 Å². The molecule has 0 rings (SSSR count). The van der Waals surface area contributed by atoms with E-state index in [1.807, 2.05) is 0 Å². The summed E-state index contributed by atoms with van der Waals surface area (Å²) in [5.41, 5.74) is 0.440. The third-order valence-corrected chi connectivity index (χ3v) is 5.92. The first-order chi connectivity index (χ1) is 17.4. The van der Waals surface area contributed by atoms with Crippen molar-refractivity contribution in [3.05, 3.63) is 0 Å². The molecule has 222 valence electrons. The normalized spacial score (nSPS) is 15.1. The predicted molar refractivity (Wildman–Crippen MR) is 147 cm³/mol. The molecule has 4 atom stereocenters. The average Bonchev–Trinajstić information content (AvgIpc) is 2.73. The van der Waals surface area contributed by atoms with Crippen LogP contribution >= 0.6 is 0 Å². The highest BCUT2D eigenvalue weighted by molar-refractivity contribution is 5.79. The number of hydrogen-bond acceptors (Lipinski definition) is 8. The van der Waals surface area contributed by atoms with E-state index in [-0.39, 0.29) is 23.7 Å². The molecule has 0 spiro atoms. The summed E-state index contributed by atoms with van der Waals surface area (Å²) in [6, 6.07) is 0. The first-order valence-corrected chi connectivity index (χ1v) is 14.1. The summed E-state index contributed by atoms with van der Waals surface area (Å²) in [6.45, 7) is 20.9. The molecule has 0 N–H and O–H groups in total. The molecule has 8 nitrogen and oxygen atoms in total. The summed E-state index contributed by atoms with van der Waals surface area (Å²) < 4.78 is 20.8. The average molecular weight is 543 g/mol. The van der Waals surface area contributed by atoms with E-state index in [1.165, 1.54) is 13.8 Å². The molecule has 0 saturated carbocycles. The molecule has 0 radical (unpaired) electrons. The number of hydrogen-bond donors (Lipinski definition) is 0. The second-order valence-electron chi connectivity index (χ2n) is 13.1. The molecule has 0 aliphatic heterocycles. The number of esters is 4. The van der Waals surface area contributed by atoms with Crippen molar-refractivity contribution in [3.63, 3.8) is 0 Å². The molecule has 8 heteroatoms. The van der Waals surface area contributed by atoms with Gasteiger partial charge in [-0.25, -0.2) is 9.59 Å².